The minimum atomic E-state index is -1.57. The molecule has 9 nitrogen and oxygen atoms in total. The van der Waals surface area contributed by atoms with Gasteiger partial charge < -0.3 is 39.4 Å². The summed E-state index contributed by atoms with van der Waals surface area (Å²) in [5.74, 6) is -0.755. The second-order valence-electron chi connectivity index (χ2n) is 6.13. The molecule has 2 aromatic rings. The van der Waals surface area contributed by atoms with Crippen LogP contribution in [0.25, 0.3) is 11.0 Å². The Bertz CT molecular complexity index is 769. The Kier molecular flexibility index (Phi) is 5.44. The van der Waals surface area contributed by atoms with E-state index in [9.17, 15) is 25.2 Å². The number of benzene rings is 1. The molecule has 0 saturated carbocycles. The van der Waals surface area contributed by atoms with Gasteiger partial charge in [-0.25, -0.2) is 0 Å². The first-order chi connectivity index (χ1) is 12.4. The van der Waals surface area contributed by atoms with Crippen LogP contribution in [0.1, 0.15) is 12.0 Å². The first kappa shape index (κ1) is 18.6. The molecule has 1 aliphatic rings. The molecule has 3 rings (SSSR count). The van der Waals surface area contributed by atoms with Gasteiger partial charge in [0.1, 0.15) is 35.7 Å². The zero-order valence-electron chi connectivity index (χ0n) is 13.7. The van der Waals surface area contributed by atoms with Crippen LogP contribution in [0.15, 0.2) is 28.9 Å². The highest BCUT2D eigenvalue weighted by molar-refractivity contribution is 5.80. The van der Waals surface area contributed by atoms with Crippen molar-refractivity contribution in [3.05, 3.63) is 30.0 Å². The van der Waals surface area contributed by atoms with E-state index in [1.54, 1.807) is 12.1 Å². The van der Waals surface area contributed by atoms with Crippen LogP contribution in [0.2, 0.25) is 0 Å². The molecular weight excluding hydrogens is 348 g/mol. The van der Waals surface area contributed by atoms with Crippen LogP contribution in [-0.4, -0.2) is 68.8 Å². The minimum Gasteiger partial charge on any atom is -0.481 e. The van der Waals surface area contributed by atoms with E-state index >= 15 is 0 Å². The zero-order valence-corrected chi connectivity index (χ0v) is 13.7. The van der Waals surface area contributed by atoms with Crippen LogP contribution in [-0.2, 0) is 16.0 Å². The second kappa shape index (κ2) is 7.60. The molecular formula is C17H20O9. The van der Waals surface area contributed by atoms with E-state index in [2.05, 4.69) is 0 Å². The van der Waals surface area contributed by atoms with Crippen LogP contribution in [0.4, 0.5) is 0 Å². The number of aryl methyl sites for hydroxylation is 1. The maximum atomic E-state index is 10.9. The number of fused-ring (bicyclic) bond motifs is 1. The summed E-state index contributed by atoms with van der Waals surface area (Å²) in [6.45, 7) is -0.575. The summed E-state index contributed by atoms with van der Waals surface area (Å²) in [4.78, 5) is 10.9. The van der Waals surface area contributed by atoms with E-state index in [1.807, 2.05) is 0 Å². The van der Waals surface area contributed by atoms with Crippen molar-refractivity contribution in [1.82, 2.24) is 0 Å². The molecule has 142 valence electrons. The predicted molar refractivity (Wildman–Crippen MR) is 86.6 cm³/mol. The number of ether oxygens (including phenoxy) is 2. The van der Waals surface area contributed by atoms with Crippen LogP contribution in [0.5, 0.6) is 5.75 Å². The van der Waals surface area contributed by atoms with E-state index in [0.29, 0.717) is 11.1 Å². The van der Waals surface area contributed by atoms with Crippen molar-refractivity contribution < 1.29 is 44.2 Å². The van der Waals surface area contributed by atoms with Gasteiger partial charge in [0.05, 0.1) is 12.9 Å². The third kappa shape index (κ3) is 3.67. The van der Waals surface area contributed by atoms with Crippen molar-refractivity contribution in [3.8, 4) is 5.75 Å². The molecule has 1 fully saturated rings. The van der Waals surface area contributed by atoms with Crippen molar-refractivity contribution in [3.63, 3.8) is 0 Å². The highest BCUT2D eigenvalue weighted by Gasteiger charge is 2.44. The number of aliphatic hydroxyl groups excluding tert-OH is 4. The Balaban J connectivity index is 1.88. The monoisotopic (exact) mass is 368 g/mol. The number of aliphatic carboxylic acids is 1. The molecule has 0 aliphatic carbocycles. The molecule has 1 aliphatic heterocycles. The third-order valence-corrected chi connectivity index (χ3v) is 4.34. The summed E-state index contributed by atoms with van der Waals surface area (Å²) >= 11 is 0. The molecule has 1 saturated heterocycles. The number of furan rings is 1. The Morgan fingerprint density at radius 2 is 1.92 bits per heavy atom. The van der Waals surface area contributed by atoms with E-state index in [0.717, 1.165) is 5.39 Å². The van der Waals surface area contributed by atoms with Gasteiger partial charge in [0.25, 0.3) is 0 Å². The van der Waals surface area contributed by atoms with Crippen molar-refractivity contribution in [1.29, 1.82) is 0 Å². The van der Waals surface area contributed by atoms with Gasteiger partial charge in [0, 0.05) is 17.9 Å². The fourth-order valence-electron chi connectivity index (χ4n) is 2.87. The number of carboxylic acids is 1. The van der Waals surface area contributed by atoms with Gasteiger partial charge in [-0.3, -0.25) is 4.79 Å². The van der Waals surface area contributed by atoms with Gasteiger partial charge in [-0.15, -0.1) is 0 Å². The Hall–Kier alpha value is -2.17. The molecule has 9 heteroatoms. The number of hydrogen-bond acceptors (Lipinski definition) is 8. The zero-order chi connectivity index (χ0) is 18.8. The maximum absolute atomic E-state index is 10.9. The Morgan fingerprint density at radius 1 is 1.15 bits per heavy atom. The highest BCUT2D eigenvalue weighted by Crippen LogP contribution is 2.31. The van der Waals surface area contributed by atoms with Gasteiger partial charge in [-0.1, -0.05) is 0 Å². The van der Waals surface area contributed by atoms with Gasteiger partial charge in [0.15, 0.2) is 0 Å². The maximum Gasteiger partial charge on any atom is 0.303 e. The summed E-state index contributed by atoms with van der Waals surface area (Å²) in [7, 11) is 0. The lowest BCUT2D eigenvalue weighted by molar-refractivity contribution is -0.277. The minimum absolute atomic E-state index is 0.131. The lowest BCUT2D eigenvalue weighted by Crippen LogP contribution is -2.60. The van der Waals surface area contributed by atoms with Crippen molar-refractivity contribution in [2.45, 2.75) is 43.5 Å². The van der Waals surface area contributed by atoms with Crippen LogP contribution < -0.4 is 4.74 Å². The molecule has 0 bridgehead atoms. The van der Waals surface area contributed by atoms with Gasteiger partial charge >= 0.3 is 5.97 Å². The van der Waals surface area contributed by atoms with Crippen LogP contribution >= 0.6 is 0 Å². The van der Waals surface area contributed by atoms with Crippen molar-refractivity contribution in [2.24, 2.45) is 0 Å². The first-order valence-corrected chi connectivity index (χ1v) is 8.10. The highest BCUT2D eigenvalue weighted by atomic mass is 16.7. The van der Waals surface area contributed by atoms with Crippen LogP contribution in [0.3, 0.4) is 0 Å². The smallest absolute Gasteiger partial charge is 0.303 e. The number of hydrogen-bond donors (Lipinski definition) is 5. The Labute approximate surface area is 148 Å². The molecule has 0 amide bonds. The first-order valence-electron chi connectivity index (χ1n) is 8.10. The number of rotatable bonds is 6. The number of carboxylic acid groups (broad SMARTS) is 1. The molecule has 26 heavy (non-hydrogen) atoms. The molecule has 2 heterocycles. The third-order valence-electron chi connectivity index (χ3n) is 4.34. The summed E-state index contributed by atoms with van der Waals surface area (Å²) in [5, 5.41) is 48.7. The quantitative estimate of drug-likeness (QED) is 0.460. The molecule has 5 atom stereocenters. The lowest BCUT2D eigenvalue weighted by Gasteiger charge is -2.39. The molecule has 0 unspecified atom stereocenters. The summed E-state index contributed by atoms with van der Waals surface area (Å²) in [5.41, 5.74) is 1.04. The summed E-state index contributed by atoms with van der Waals surface area (Å²) < 4.78 is 16.3. The average molecular weight is 368 g/mol. The Morgan fingerprint density at radius 3 is 2.62 bits per heavy atom. The standard InChI is InChI=1S/C17H20O9/c18-7-12-14(21)15(22)16(23)17(26-12)25-11-6-10-9(3-4-24-10)5-8(11)1-2-13(19)20/h3-6,12,14-18,21-23H,1-2,7H2,(H,19,20)/t12-,14-,15+,16-,17-/m1/s1. The normalized spacial score (nSPS) is 29.0. The van der Waals surface area contributed by atoms with E-state index in [1.165, 1.54) is 12.3 Å². The predicted octanol–water partition coefficient (Wildman–Crippen LogP) is -0.371. The molecule has 0 spiro atoms. The molecule has 0 radical (unpaired) electrons. The summed E-state index contributed by atoms with van der Waals surface area (Å²) in [6.07, 6.45) is -5.57. The van der Waals surface area contributed by atoms with E-state index in [-0.39, 0.29) is 18.6 Å². The number of carbonyl (C=O) groups is 1. The SMILES string of the molecule is O=C(O)CCc1cc2ccoc2cc1O[C@@H]1O[C@H](CO)[C@@H](O)[C@H](O)[C@H]1O. The van der Waals surface area contributed by atoms with E-state index < -0.39 is 43.3 Å². The molecule has 5 N–H and O–H groups in total. The molecule has 1 aromatic carbocycles. The second-order valence-corrected chi connectivity index (χ2v) is 6.13. The molecule has 1 aromatic heterocycles. The van der Waals surface area contributed by atoms with Crippen molar-refractivity contribution in [2.75, 3.05) is 6.61 Å². The number of aliphatic hydroxyl groups is 4. The topological polar surface area (TPSA) is 150 Å². The van der Waals surface area contributed by atoms with Gasteiger partial charge in [-0.2, -0.15) is 0 Å². The fraction of sp³-hybridized carbons (Fsp3) is 0.471. The van der Waals surface area contributed by atoms with Crippen LogP contribution in [0, 0.1) is 0 Å². The van der Waals surface area contributed by atoms with Gasteiger partial charge in [-0.05, 0) is 24.1 Å². The largest absolute Gasteiger partial charge is 0.481 e. The van der Waals surface area contributed by atoms with Gasteiger partial charge in [0.2, 0.25) is 6.29 Å². The van der Waals surface area contributed by atoms with Crippen molar-refractivity contribution >= 4 is 16.9 Å². The summed E-state index contributed by atoms with van der Waals surface area (Å²) in [6, 6.07) is 4.96. The lowest BCUT2D eigenvalue weighted by atomic mass is 9.99. The van der Waals surface area contributed by atoms with E-state index in [4.69, 9.17) is 19.0 Å². The fourth-order valence-corrected chi connectivity index (χ4v) is 2.87. The average Bonchev–Trinajstić information content (AvgIpc) is 3.07.